The van der Waals surface area contributed by atoms with Gasteiger partial charge >= 0.3 is 5.97 Å². The molecular weight excluding hydrogens is 331 g/mol. The van der Waals surface area contributed by atoms with Crippen molar-refractivity contribution in [3.8, 4) is 5.69 Å². The number of benzene rings is 1. The molecule has 1 N–H and O–H groups in total. The SMILES string of the molecule is O=C(O)CN(C(=O)c1ccc(-n2cncn2)c(F)c1)C1CCOCC1. The van der Waals surface area contributed by atoms with Crippen LogP contribution in [0.15, 0.2) is 30.9 Å². The van der Waals surface area contributed by atoms with Gasteiger partial charge in [-0.2, -0.15) is 5.10 Å². The van der Waals surface area contributed by atoms with Gasteiger partial charge in [0.15, 0.2) is 0 Å². The van der Waals surface area contributed by atoms with E-state index in [0.717, 1.165) is 6.07 Å². The highest BCUT2D eigenvalue weighted by atomic mass is 19.1. The number of hydrogen-bond donors (Lipinski definition) is 1. The summed E-state index contributed by atoms with van der Waals surface area (Å²) in [4.78, 5) is 28.9. The van der Waals surface area contributed by atoms with Crippen LogP contribution in [0.2, 0.25) is 0 Å². The first kappa shape index (κ1) is 17.0. The molecule has 9 heteroatoms. The molecule has 0 atom stereocenters. The minimum Gasteiger partial charge on any atom is -0.480 e. The van der Waals surface area contributed by atoms with E-state index in [4.69, 9.17) is 9.84 Å². The Morgan fingerprint density at radius 2 is 2.12 bits per heavy atom. The van der Waals surface area contributed by atoms with Crippen molar-refractivity contribution in [1.82, 2.24) is 19.7 Å². The van der Waals surface area contributed by atoms with Gasteiger partial charge in [0.1, 0.15) is 30.7 Å². The van der Waals surface area contributed by atoms with Crippen molar-refractivity contribution in [3.05, 3.63) is 42.2 Å². The quantitative estimate of drug-likeness (QED) is 0.869. The molecule has 8 nitrogen and oxygen atoms in total. The molecule has 0 saturated carbocycles. The minimum absolute atomic E-state index is 0.0918. The van der Waals surface area contributed by atoms with E-state index in [0.29, 0.717) is 26.1 Å². The summed E-state index contributed by atoms with van der Waals surface area (Å²) in [5, 5.41) is 13.0. The van der Waals surface area contributed by atoms with Gasteiger partial charge in [-0.25, -0.2) is 14.1 Å². The highest BCUT2D eigenvalue weighted by Crippen LogP contribution is 2.20. The zero-order valence-corrected chi connectivity index (χ0v) is 13.3. The number of aliphatic carboxylic acids is 1. The Kier molecular flexibility index (Phi) is 5.03. The van der Waals surface area contributed by atoms with Crippen molar-refractivity contribution in [2.45, 2.75) is 18.9 Å². The zero-order chi connectivity index (χ0) is 17.8. The minimum atomic E-state index is -1.11. The van der Waals surface area contributed by atoms with Crippen molar-refractivity contribution < 1.29 is 23.8 Å². The molecule has 0 radical (unpaired) electrons. The van der Waals surface area contributed by atoms with Crippen LogP contribution < -0.4 is 0 Å². The number of aromatic nitrogens is 3. The van der Waals surface area contributed by atoms with Gasteiger partial charge in [-0.3, -0.25) is 9.59 Å². The van der Waals surface area contributed by atoms with Gasteiger partial charge < -0.3 is 14.7 Å². The lowest BCUT2D eigenvalue weighted by Crippen LogP contribution is -2.46. The molecule has 2 aromatic rings. The number of amides is 1. The van der Waals surface area contributed by atoms with E-state index in [-0.39, 0.29) is 17.3 Å². The fourth-order valence-corrected chi connectivity index (χ4v) is 2.83. The number of nitrogens with zero attached hydrogens (tertiary/aromatic N) is 4. The molecule has 25 heavy (non-hydrogen) atoms. The highest BCUT2D eigenvalue weighted by Gasteiger charge is 2.28. The molecule has 1 aromatic carbocycles. The Balaban J connectivity index is 1.86. The second kappa shape index (κ2) is 7.39. The number of hydrogen-bond acceptors (Lipinski definition) is 5. The maximum atomic E-state index is 14.3. The van der Waals surface area contributed by atoms with Gasteiger partial charge in [-0.1, -0.05) is 0 Å². The third-order valence-electron chi connectivity index (χ3n) is 4.06. The second-order valence-corrected chi connectivity index (χ2v) is 5.68. The maximum Gasteiger partial charge on any atom is 0.323 e. The monoisotopic (exact) mass is 348 g/mol. The molecule has 1 aliphatic heterocycles. The van der Waals surface area contributed by atoms with Crippen molar-refractivity contribution in [2.75, 3.05) is 19.8 Å². The lowest BCUT2D eigenvalue weighted by atomic mass is 10.0. The van der Waals surface area contributed by atoms with Gasteiger partial charge in [0.25, 0.3) is 5.91 Å². The van der Waals surface area contributed by atoms with Crippen LogP contribution in [-0.2, 0) is 9.53 Å². The van der Waals surface area contributed by atoms with E-state index >= 15 is 0 Å². The second-order valence-electron chi connectivity index (χ2n) is 5.68. The average molecular weight is 348 g/mol. The standard InChI is InChI=1S/C16H17FN4O4/c17-13-7-11(1-2-14(13)21-10-18-9-19-21)16(24)20(8-15(22)23)12-3-5-25-6-4-12/h1-2,7,9-10,12H,3-6,8H2,(H,22,23). The molecule has 1 amide bonds. The molecule has 0 aliphatic carbocycles. The van der Waals surface area contributed by atoms with Crippen LogP contribution >= 0.6 is 0 Å². The molecule has 0 bridgehead atoms. The Hall–Kier alpha value is -2.81. The lowest BCUT2D eigenvalue weighted by molar-refractivity contribution is -0.138. The number of ether oxygens (including phenoxy) is 1. The lowest BCUT2D eigenvalue weighted by Gasteiger charge is -2.33. The summed E-state index contributed by atoms with van der Waals surface area (Å²) in [7, 11) is 0. The van der Waals surface area contributed by atoms with Crippen molar-refractivity contribution in [2.24, 2.45) is 0 Å². The first-order valence-corrected chi connectivity index (χ1v) is 7.81. The van der Waals surface area contributed by atoms with Crippen LogP contribution in [0.3, 0.4) is 0 Å². The molecule has 1 saturated heterocycles. The first-order chi connectivity index (χ1) is 12.1. The van der Waals surface area contributed by atoms with Crippen molar-refractivity contribution >= 4 is 11.9 Å². The molecule has 0 unspecified atom stereocenters. The fourth-order valence-electron chi connectivity index (χ4n) is 2.83. The van der Waals surface area contributed by atoms with Crippen LogP contribution in [0.4, 0.5) is 4.39 Å². The average Bonchev–Trinajstić information content (AvgIpc) is 3.14. The number of halogens is 1. The van der Waals surface area contributed by atoms with E-state index < -0.39 is 24.2 Å². The predicted octanol–water partition coefficient (Wildman–Crippen LogP) is 1.11. The van der Waals surface area contributed by atoms with E-state index in [1.54, 1.807) is 0 Å². The molecule has 3 rings (SSSR count). The predicted molar refractivity (Wildman–Crippen MR) is 83.8 cm³/mol. The number of rotatable bonds is 5. The van der Waals surface area contributed by atoms with E-state index in [1.807, 2.05) is 0 Å². The summed E-state index contributed by atoms with van der Waals surface area (Å²) in [5.74, 6) is -2.27. The van der Waals surface area contributed by atoms with Gasteiger partial charge in [0, 0.05) is 24.8 Å². The van der Waals surface area contributed by atoms with Gasteiger partial charge in [-0.05, 0) is 31.0 Å². The molecule has 132 valence electrons. The van der Waals surface area contributed by atoms with Crippen molar-refractivity contribution in [3.63, 3.8) is 0 Å². The molecule has 1 aliphatic rings. The Bertz CT molecular complexity index is 760. The Labute approximate surface area is 142 Å². The Morgan fingerprint density at radius 1 is 1.36 bits per heavy atom. The molecule has 0 spiro atoms. The van der Waals surface area contributed by atoms with Gasteiger partial charge in [-0.15, -0.1) is 0 Å². The molecule has 2 heterocycles. The van der Waals surface area contributed by atoms with Crippen LogP contribution in [0, 0.1) is 5.82 Å². The fraction of sp³-hybridized carbons (Fsp3) is 0.375. The Morgan fingerprint density at radius 3 is 2.72 bits per heavy atom. The largest absolute Gasteiger partial charge is 0.480 e. The van der Waals surface area contributed by atoms with Crippen LogP contribution in [0.25, 0.3) is 5.69 Å². The van der Waals surface area contributed by atoms with Crippen LogP contribution in [0.5, 0.6) is 0 Å². The summed E-state index contributed by atoms with van der Waals surface area (Å²) in [5.41, 5.74) is 0.249. The van der Waals surface area contributed by atoms with Gasteiger partial charge in [0.05, 0.1) is 0 Å². The van der Waals surface area contributed by atoms with E-state index in [1.165, 1.54) is 34.4 Å². The molecule has 1 aromatic heterocycles. The van der Waals surface area contributed by atoms with Crippen LogP contribution in [-0.4, -0.2) is 62.4 Å². The first-order valence-electron chi connectivity index (χ1n) is 7.81. The topological polar surface area (TPSA) is 97.6 Å². The summed E-state index contributed by atoms with van der Waals surface area (Å²) in [6.45, 7) is 0.497. The van der Waals surface area contributed by atoms with Gasteiger partial charge in [0.2, 0.25) is 0 Å². The summed E-state index contributed by atoms with van der Waals surface area (Å²) in [6.07, 6.45) is 3.73. The zero-order valence-electron chi connectivity index (χ0n) is 13.3. The summed E-state index contributed by atoms with van der Waals surface area (Å²) >= 11 is 0. The van der Waals surface area contributed by atoms with E-state index in [2.05, 4.69) is 10.1 Å². The van der Waals surface area contributed by atoms with E-state index in [9.17, 15) is 14.0 Å². The number of carbonyl (C=O) groups is 2. The third kappa shape index (κ3) is 3.82. The molecular formula is C16H17FN4O4. The number of carbonyl (C=O) groups excluding carboxylic acids is 1. The summed E-state index contributed by atoms with van der Waals surface area (Å²) < 4.78 is 20.8. The maximum absolute atomic E-state index is 14.3. The van der Waals surface area contributed by atoms with Crippen molar-refractivity contribution in [1.29, 1.82) is 0 Å². The highest BCUT2D eigenvalue weighted by molar-refractivity contribution is 5.96. The van der Waals surface area contributed by atoms with Crippen LogP contribution in [0.1, 0.15) is 23.2 Å². The number of carboxylic acid groups (broad SMARTS) is 1. The molecule has 1 fully saturated rings. The summed E-state index contributed by atoms with van der Waals surface area (Å²) in [6, 6.07) is 3.72. The third-order valence-corrected chi connectivity index (χ3v) is 4.06. The smallest absolute Gasteiger partial charge is 0.323 e. The number of carboxylic acids is 1. The normalized spacial score (nSPS) is 15.1.